The molecule has 1 aromatic rings. The van der Waals surface area contributed by atoms with E-state index in [1.165, 1.54) is 18.2 Å². The summed E-state index contributed by atoms with van der Waals surface area (Å²) in [7, 11) is 0. The lowest BCUT2D eigenvalue weighted by molar-refractivity contribution is -0.184. The van der Waals surface area contributed by atoms with Gasteiger partial charge in [0.1, 0.15) is 5.75 Å². The zero-order valence-corrected chi connectivity index (χ0v) is 8.84. The first kappa shape index (κ1) is 13.3. The highest BCUT2D eigenvalue weighted by atomic mass is 19.4. The molecular weight excluding hydrogens is 239 g/mol. The minimum absolute atomic E-state index is 0.0322. The number of aromatic hydroxyl groups is 1. The van der Waals surface area contributed by atoms with Gasteiger partial charge in [-0.15, -0.1) is 0 Å². The van der Waals surface area contributed by atoms with Gasteiger partial charge in [-0.25, -0.2) is 5.48 Å². The van der Waals surface area contributed by atoms with Gasteiger partial charge in [0.15, 0.2) is 6.61 Å². The first-order chi connectivity index (χ1) is 7.79. The molecule has 94 valence electrons. The Labute approximate surface area is 95.0 Å². The Morgan fingerprint density at radius 2 is 2.12 bits per heavy atom. The summed E-state index contributed by atoms with van der Waals surface area (Å²) in [4.78, 5) is 15.4. The molecule has 4 nitrogen and oxygen atoms in total. The van der Waals surface area contributed by atoms with Crippen molar-refractivity contribution in [3.05, 3.63) is 29.3 Å². The van der Waals surface area contributed by atoms with Crippen molar-refractivity contribution in [1.82, 2.24) is 5.48 Å². The number of hydroxylamine groups is 1. The zero-order valence-electron chi connectivity index (χ0n) is 8.84. The van der Waals surface area contributed by atoms with Crippen LogP contribution in [0.3, 0.4) is 0 Å². The number of benzene rings is 1. The summed E-state index contributed by atoms with van der Waals surface area (Å²) in [5.74, 6) is -0.831. The van der Waals surface area contributed by atoms with Gasteiger partial charge in [0.05, 0.1) is 0 Å². The molecule has 0 fully saturated rings. The number of phenolic OH excluding ortho intramolecular Hbond substituents is 1. The van der Waals surface area contributed by atoms with Crippen molar-refractivity contribution in [3.63, 3.8) is 0 Å². The summed E-state index contributed by atoms with van der Waals surface area (Å²) in [6.07, 6.45) is -4.50. The summed E-state index contributed by atoms with van der Waals surface area (Å²) in [6.45, 7) is -0.0196. The number of amides is 1. The molecule has 2 N–H and O–H groups in total. The Kier molecular flexibility index (Phi) is 3.95. The predicted octanol–water partition coefficient (Wildman–Crippen LogP) is 1.92. The number of hydrogen-bond donors (Lipinski definition) is 2. The lowest BCUT2D eigenvalue weighted by Gasteiger charge is -2.09. The van der Waals surface area contributed by atoms with Gasteiger partial charge in [-0.1, -0.05) is 0 Å². The molecule has 0 atom stereocenters. The van der Waals surface area contributed by atoms with Crippen LogP contribution in [0.25, 0.3) is 0 Å². The lowest BCUT2D eigenvalue weighted by Crippen LogP contribution is -2.29. The van der Waals surface area contributed by atoms with Gasteiger partial charge in [-0.05, 0) is 30.7 Å². The molecule has 0 aromatic heterocycles. The van der Waals surface area contributed by atoms with E-state index in [4.69, 9.17) is 5.11 Å². The summed E-state index contributed by atoms with van der Waals surface area (Å²) < 4.78 is 35.2. The molecule has 0 bridgehead atoms. The molecule has 0 aliphatic carbocycles. The third-order valence-corrected chi connectivity index (χ3v) is 1.86. The molecule has 0 radical (unpaired) electrons. The van der Waals surface area contributed by atoms with Gasteiger partial charge in [0, 0.05) is 5.56 Å². The highest BCUT2D eigenvalue weighted by molar-refractivity contribution is 5.95. The van der Waals surface area contributed by atoms with E-state index in [2.05, 4.69) is 4.84 Å². The molecule has 1 aromatic carbocycles. The minimum Gasteiger partial charge on any atom is -0.508 e. The van der Waals surface area contributed by atoms with Crippen LogP contribution >= 0.6 is 0 Å². The number of halogens is 3. The number of rotatable bonds is 3. The number of carbonyl (C=O) groups excluding carboxylic acids is 1. The van der Waals surface area contributed by atoms with Crippen molar-refractivity contribution in [2.75, 3.05) is 6.61 Å². The molecule has 7 heteroatoms. The maximum absolute atomic E-state index is 11.7. The third-order valence-electron chi connectivity index (χ3n) is 1.86. The average molecular weight is 249 g/mol. The lowest BCUT2D eigenvalue weighted by atomic mass is 10.1. The number of phenols is 1. The standard InChI is InChI=1S/C10H10F3NO3/c1-6-4-7(15)2-3-8(6)9(16)14-17-5-10(11,12)13/h2-4,15H,5H2,1H3,(H,14,16). The van der Waals surface area contributed by atoms with Gasteiger partial charge < -0.3 is 5.11 Å². The van der Waals surface area contributed by atoms with Crippen LogP contribution in [0, 0.1) is 6.92 Å². The number of carbonyl (C=O) groups is 1. The second-order valence-electron chi connectivity index (χ2n) is 3.33. The van der Waals surface area contributed by atoms with E-state index < -0.39 is 18.7 Å². The topological polar surface area (TPSA) is 58.6 Å². The fourth-order valence-corrected chi connectivity index (χ4v) is 1.14. The highest BCUT2D eigenvalue weighted by Crippen LogP contribution is 2.16. The van der Waals surface area contributed by atoms with E-state index in [0.29, 0.717) is 5.56 Å². The van der Waals surface area contributed by atoms with Crippen LogP contribution in [0.4, 0.5) is 13.2 Å². The monoisotopic (exact) mass is 249 g/mol. The van der Waals surface area contributed by atoms with Crippen molar-refractivity contribution in [1.29, 1.82) is 0 Å². The van der Waals surface area contributed by atoms with Crippen LogP contribution in [-0.4, -0.2) is 23.8 Å². The molecule has 0 aliphatic rings. The predicted molar refractivity (Wildman–Crippen MR) is 52.3 cm³/mol. The maximum atomic E-state index is 11.7. The van der Waals surface area contributed by atoms with E-state index in [1.54, 1.807) is 12.4 Å². The van der Waals surface area contributed by atoms with Crippen LogP contribution in [0.15, 0.2) is 18.2 Å². The highest BCUT2D eigenvalue weighted by Gasteiger charge is 2.28. The van der Waals surface area contributed by atoms with E-state index in [0.717, 1.165) is 0 Å². The smallest absolute Gasteiger partial charge is 0.414 e. The van der Waals surface area contributed by atoms with Gasteiger partial charge in [-0.3, -0.25) is 9.63 Å². The van der Waals surface area contributed by atoms with Gasteiger partial charge in [0.25, 0.3) is 5.91 Å². The van der Waals surface area contributed by atoms with Crippen molar-refractivity contribution in [3.8, 4) is 5.75 Å². The SMILES string of the molecule is Cc1cc(O)ccc1C(=O)NOCC(F)(F)F. The first-order valence-corrected chi connectivity index (χ1v) is 4.58. The van der Waals surface area contributed by atoms with Crippen LogP contribution in [0.1, 0.15) is 15.9 Å². The molecule has 0 heterocycles. The number of nitrogens with one attached hydrogen (secondary N) is 1. The van der Waals surface area contributed by atoms with Crippen molar-refractivity contribution >= 4 is 5.91 Å². The zero-order chi connectivity index (χ0) is 13.1. The molecule has 0 saturated heterocycles. The van der Waals surface area contributed by atoms with Gasteiger partial charge in [0.2, 0.25) is 0 Å². The molecule has 1 amide bonds. The Bertz CT molecular complexity index is 418. The van der Waals surface area contributed by atoms with Crippen molar-refractivity contribution in [2.24, 2.45) is 0 Å². The van der Waals surface area contributed by atoms with Gasteiger partial charge >= 0.3 is 6.18 Å². The minimum atomic E-state index is -4.50. The Balaban J connectivity index is 2.59. The molecule has 0 saturated carbocycles. The van der Waals surface area contributed by atoms with E-state index in [-0.39, 0.29) is 11.3 Å². The largest absolute Gasteiger partial charge is 0.508 e. The quantitative estimate of drug-likeness (QED) is 0.804. The fraction of sp³-hybridized carbons (Fsp3) is 0.300. The Morgan fingerprint density at radius 3 is 2.65 bits per heavy atom. The second-order valence-corrected chi connectivity index (χ2v) is 3.33. The maximum Gasteiger partial charge on any atom is 0.414 e. The normalized spacial score (nSPS) is 11.3. The fourth-order valence-electron chi connectivity index (χ4n) is 1.14. The summed E-state index contributed by atoms with van der Waals surface area (Å²) >= 11 is 0. The first-order valence-electron chi connectivity index (χ1n) is 4.58. The molecule has 1 rings (SSSR count). The Hall–Kier alpha value is -1.76. The van der Waals surface area contributed by atoms with E-state index in [9.17, 15) is 18.0 Å². The van der Waals surface area contributed by atoms with Crippen LogP contribution in [0.2, 0.25) is 0 Å². The van der Waals surface area contributed by atoms with Crippen LogP contribution in [0.5, 0.6) is 5.75 Å². The molecule has 0 aliphatic heterocycles. The number of aryl methyl sites for hydroxylation is 1. The molecular formula is C10H10F3NO3. The summed E-state index contributed by atoms with van der Waals surface area (Å²) in [5, 5.41) is 9.09. The number of alkyl halides is 3. The van der Waals surface area contributed by atoms with Crippen molar-refractivity contribution in [2.45, 2.75) is 13.1 Å². The molecule has 0 unspecified atom stereocenters. The number of hydrogen-bond acceptors (Lipinski definition) is 3. The van der Waals surface area contributed by atoms with Gasteiger partial charge in [-0.2, -0.15) is 13.2 Å². The molecule has 17 heavy (non-hydrogen) atoms. The third kappa shape index (κ3) is 4.31. The molecule has 0 spiro atoms. The Morgan fingerprint density at radius 1 is 1.47 bits per heavy atom. The average Bonchev–Trinajstić information content (AvgIpc) is 2.15. The van der Waals surface area contributed by atoms with Crippen LogP contribution < -0.4 is 5.48 Å². The van der Waals surface area contributed by atoms with Crippen LogP contribution in [-0.2, 0) is 4.84 Å². The van der Waals surface area contributed by atoms with E-state index >= 15 is 0 Å². The second kappa shape index (κ2) is 5.05. The summed E-state index contributed by atoms with van der Waals surface area (Å²) in [6, 6.07) is 3.86. The summed E-state index contributed by atoms with van der Waals surface area (Å²) in [5.41, 5.74) is 2.23. The van der Waals surface area contributed by atoms with E-state index in [1.807, 2.05) is 0 Å². The van der Waals surface area contributed by atoms with Crippen molar-refractivity contribution < 1.29 is 27.9 Å².